The molecule has 0 saturated heterocycles. The molecule has 8 heavy (non-hydrogen) atoms. The number of hydrogen-bond acceptors (Lipinski definition) is 2. The molecule has 2 nitrogen and oxygen atoms in total. The van der Waals surface area contributed by atoms with Gasteiger partial charge in [0.1, 0.15) is 10.5 Å². The summed E-state index contributed by atoms with van der Waals surface area (Å²) in [6.07, 6.45) is 2.08. The third kappa shape index (κ3) is 6.14. The number of ether oxygens (including phenoxy) is 1. The molecule has 0 aliphatic rings. The second-order valence-corrected chi connectivity index (χ2v) is 2.01. The highest BCUT2D eigenvalue weighted by atomic mass is 28.2. The van der Waals surface area contributed by atoms with Crippen LogP contribution in [0.15, 0.2) is 0 Å². The molecule has 49 valence electrons. The van der Waals surface area contributed by atoms with Gasteiger partial charge in [0.25, 0.3) is 0 Å². The van der Waals surface area contributed by atoms with Crippen LogP contribution in [0.1, 0.15) is 12.8 Å². The zero-order valence-electron chi connectivity index (χ0n) is 5.52. The first-order chi connectivity index (χ1) is 3.91. The summed E-state index contributed by atoms with van der Waals surface area (Å²) in [7, 11) is 2.52. The van der Waals surface area contributed by atoms with Crippen LogP contribution in [-0.4, -0.2) is 24.2 Å². The van der Waals surface area contributed by atoms with Gasteiger partial charge in [0.2, 0.25) is 0 Å². The topological polar surface area (TPSA) is 18.5 Å². The first kappa shape index (κ1) is 8.14. The Kier molecular flexibility index (Phi) is 7.26. The van der Waals surface area contributed by atoms with Crippen LogP contribution in [0.4, 0.5) is 0 Å². The van der Waals surface area contributed by atoms with Crippen LogP contribution in [0.3, 0.4) is 0 Å². The Morgan fingerprint density at radius 3 is 2.88 bits per heavy atom. The quantitative estimate of drug-likeness (QED) is 0.384. The third-order valence-corrected chi connectivity index (χ3v) is 1.17. The van der Waals surface area contributed by atoms with Crippen molar-refractivity contribution in [2.24, 2.45) is 0 Å². The average Bonchev–Trinajstić information content (AvgIpc) is 1.81. The van der Waals surface area contributed by atoms with Crippen molar-refractivity contribution in [3.8, 4) is 0 Å². The van der Waals surface area contributed by atoms with E-state index < -0.39 is 0 Å². The molecule has 0 bridgehead atoms. The van der Waals surface area contributed by atoms with E-state index in [0.29, 0.717) is 0 Å². The van der Waals surface area contributed by atoms with Crippen molar-refractivity contribution >= 4 is 10.5 Å². The van der Waals surface area contributed by atoms with Crippen LogP contribution in [-0.2, 0) is 9.16 Å². The van der Waals surface area contributed by atoms with Crippen LogP contribution in [0.25, 0.3) is 0 Å². The lowest BCUT2D eigenvalue weighted by Gasteiger charge is -1.96. The van der Waals surface area contributed by atoms with E-state index in [2.05, 4.69) is 0 Å². The van der Waals surface area contributed by atoms with Crippen molar-refractivity contribution in [3.63, 3.8) is 0 Å². The van der Waals surface area contributed by atoms with E-state index in [1.54, 1.807) is 7.11 Å². The van der Waals surface area contributed by atoms with E-state index >= 15 is 0 Å². The fourth-order valence-electron chi connectivity index (χ4n) is 0.429. The monoisotopic (exact) mass is 133 g/mol. The summed E-state index contributed by atoms with van der Waals surface area (Å²) >= 11 is 0. The minimum atomic E-state index is 0.811. The molecule has 1 radical (unpaired) electrons. The van der Waals surface area contributed by atoms with Gasteiger partial charge in [-0.15, -0.1) is 0 Å². The molecule has 0 spiro atoms. The Morgan fingerprint density at radius 1 is 1.62 bits per heavy atom. The van der Waals surface area contributed by atoms with Gasteiger partial charge < -0.3 is 9.16 Å². The zero-order chi connectivity index (χ0) is 6.24. The van der Waals surface area contributed by atoms with Gasteiger partial charge in [-0.05, 0) is 12.8 Å². The molecule has 0 unspecified atom stereocenters. The van der Waals surface area contributed by atoms with Crippen molar-refractivity contribution < 1.29 is 9.16 Å². The van der Waals surface area contributed by atoms with Gasteiger partial charge >= 0.3 is 0 Å². The highest BCUT2D eigenvalue weighted by Crippen LogP contribution is 1.92. The fourth-order valence-corrected chi connectivity index (χ4v) is 0.665. The molecule has 0 aromatic heterocycles. The molecule has 0 atom stereocenters. The van der Waals surface area contributed by atoms with Crippen molar-refractivity contribution in [1.29, 1.82) is 0 Å². The predicted octanol–water partition coefficient (Wildman–Crippen LogP) is -0.128. The van der Waals surface area contributed by atoms with Crippen LogP contribution in [0, 0.1) is 6.61 Å². The molecule has 0 rings (SSSR count). The highest BCUT2D eigenvalue weighted by molar-refractivity contribution is 5.98. The molecule has 0 amide bonds. The van der Waals surface area contributed by atoms with Crippen molar-refractivity contribution in [2.45, 2.75) is 12.8 Å². The number of hydrogen-bond donors (Lipinski definition) is 0. The number of methoxy groups -OCH3 is 1. The first-order valence-corrected chi connectivity index (χ1v) is 3.57. The van der Waals surface area contributed by atoms with E-state index in [4.69, 9.17) is 9.16 Å². The largest absolute Gasteiger partial charge is 0.422 e. The smallest absolute Gasteiger partial charge is 0.146 e. The fraction of sp³-hybridized carbons (Fsp3) is 0.800. The summed E-state index contributed by atoms with van der Waals surface area (Å²) in [5.74, 6) is 0. The van der Waals surface area contributed by atoms with Crippen molar-refractivity contribution in [3.05, 3.63) is 6.61 Å². The van der Waals surface area contributed by atoms with Gasteiger partial charge in [-0.1, -0.05) is 0 Å². The summed E-state index contributed by atoms with van der Waals surface area (Å²) in [4.78, 5) is 0. The van der Waals surface area contributed by atoms with Gasteiger partial charge in [0, 0.05) is 13.7 Å². The van der Waals surface area contributed by atoms with Crippen molar-refractivity contribution in [2.75, 3.05) is 13.7 Å². The molecule has 0 aromatic carbocycles. The molecule has 0 saturated carbocycles. The zero-order valence-corrected chi connectivity index (χ0v) is 7.52. The summed E-state index contributed by atoms with van der Waals surface area (Å²) in [5, 5.41) is 0. The normalized spacial score (nSPS) is 10.1. The molecule has 0 aliphatic carbocycles. The molecule has 0 heterocycles. The molecular weight excluding hydrogens is 120 g/mol. The van der Waals surface area contributed by atoms with Crippen molar-refractivity contribution in [1.82, 2.24) is 0 Å². The molecule has 0 aliphatic heterocycles. The Balaban J connectivity index is 2.53. The number of unbranched alkanes of at least 4 members (excludes halogenated alkanes) is 1. The molecule has 0 aromatic rings. The second-order valence-electron chi connectivity index (χ2n) is 1.54. The van der Waals surface area contributed by atoms with Crippen LogP contribution in [0.5, 0.6) is 0 Å². The van der Waals surface area contributed by atoms with E-state index in [0.717, 1.165) is 29.9 Å². The van der Waals surface area contributed by atoms with E-state index in [-0.39, 0.29) is 0 Å². The van der Waals surface area contributed by atoms with E-state index in [1.165, 1.54) is 0 Å². The minimum absolute atomic E-state index is 0.811. The summed E-state index contributed by atoms with van der Waals surface area (Å²) in [5.41, 5.74) is 0. The van der Waals surface area contributed by atoms with Crippen LogP contribution in [0.2, 0.25) is 0 Å². The van der Waals surface area contributed by atoms with Gasteiger partial charge in [-0.25, -0.2) is 0 Å². The maximum Gasteiger partial charge on any atom is 0.146 e. The third-order valence-electron chi connectivity index (χ3n) is 0.837. The number of rotatable bonds is 5. The van der Waals surface area contributed by atoms with E-state index in [9.17, 15) is 0 Å². The van der Waals surface area contributed by atoms with Gasteiger partial charge in [0.05, 0.1) is 6.61 Å². The lowest BCUT2D eigenvalue weighted by Crippen LogP contribution is -1.89. The Labute approximate surface area is 53.7 Å². The van der Waals surface area contributed by atoms with Gasteiger partial charge in [0.15, 0.2) is 0 Å². The lowest BCUT2D eigenvalue weighted by molar-refractivity contribution is 0.191. The average molecular weight is 133 g/mol. The highest BCUT2D eigenvalue weighted by Gasteiger charge is 1.83. The summed E-state index contributed by atoms with van der Waals surface area (Å²) in [6.45, 7) is 2.67. The van der Waals surface area contributed by atoms with Gasteiger partial charge in [-0.3, -0.25) is 0 Å². The van der Waals surface area contributed by atoms with E-state index in [1.807, 2.05) is 6.61 Å². The molecule has 0 N–H and O–H groups in total. The maximum absolute atomic E-state index is 4.85. The lowest BCUT2D eigenvalue weighted by atomic mass is 10.3. The maximum atomic E-state index is 4.85. The molecule has 3 heteroatoms. The standard InChI is InChI=1S/C5H13O2Si/c1-6-4-2-3-5-7-8/h5H,2-4H2,1,8H3. The SMILES string of the molecule is COCCC[CH]O[SiH3]. The Bertz CT molecular complexity index is 35.4. The minimum Gasteiger partial charge on any atom is -0.422 e. The second kappa shape index (κ2) is 7.14. The van der Waals surface area contributed by atoms with Crippen LogP contribution >= 0.6 is 0 Å². The Hall–Kier alpha value is 0.137. The predicted molar refractivity (Wildman–Crippen MR) is 36.4 cm³/mol. The first-order valence-electron chi connectivity index (χ1n) is 2.75. The molecule has 0 fully saturated rings. The van der Waals surface area contributed by atoms with Gasteiger partial charge in [-0.2, -0.15) is 0 Å². The summed E-state index contributed by atoms with van der Waals surface area (Å²) < 4.78 is 9.67. The molecular formula is C5H13O2Si. The van der Waals surface area contributed by atoms with Crippen LogP contribution < -0.4 is 0 Å². The summed E-state index contributed by atoms with van der Waals surface area (Å²) in [6, 6.07) is 0. The Morgan fingerprint density at radius 2 is 2.38 bits per heavy atom.